The van der Waals surface area contributed by atoms with Gasteiger partial charge in [0.05, 0.1) is 0 Å². The van der Waals surface area contributed by atoms with E-state index in [1.807, 2.05) is 0 Å². The molecule has 0 amide bonds. The molecule has 1 unspecified atom stereocenters. The summed E-state index contributed by atoms with van der Waals surface area (Å²) in [6, 6.07) is 0. The predicted octanol–water partition coefficient (Wildman–Crippen LogP) is 0.936. The van der Waals surface area contributed by atoms with Gasteiger partial charge in [-0.05, 0) is 0 Å². The molecule has 0 heterocycles. The van der Waals surface area contributed by atoms with Gasteiger partial charge >= 0.3 is 18.0 Å². The maximum atomic E-state index is 12.6. The Labute approximate surface area is 70.6 Å². The second-order valence-electron chi connectivity index (χ2n) is 2.01. The zero-order valence-electron chi connectivity index (χ0n) is 6.27. The highest BCUT2D eigenvalue weighted by atomic mass is 19.4. The molecule has 0 fully saturated rings. The highest BCUT2D eigenvalue weighted by molar-refractivity contribution is 5.81. The number of carbonyl (C=O) groups is 1. The van der Waals surface area contributed by atoms with E-state index < -0.39 is 24.6 Å². The Balaban J connectivity index is 4.65. The van der Waals surface area contributed by atoms with Crippen molar-refractivity contribution in [2.45, 2.75) is 12.0 Å². The van der Waals surface area contributed by atoms with Gasteiger partial charge in [0.25, 0.3) is 0 Å². The van der Waals surface area contributed by atoms with Crippen LogP contribution in [0.3, 0.4) is 0 Å². The smallest absolute Gasteiger partial charge is 0.414 e. The Hall–Kier alpha value is -1.11. The molecule has 0 rings (SSSR count). The van der Waals surface area contributed by atoms with Crippen molar-refractivity contribution in [1.29, 1.82) is 0 Å². The van der Waals surface area contributed by atoms with Gasteiger partial charge in [-0.25, -0.2) is 4.79 Å². The Kier molecular flexibility index (Phi) is 3.42. The Bertz CT molecular complexity index is 212. The zero-order valence-corrected chi connectivity index (χ0v) is 6.27. The van der Waals surface area contributed by atoms with Gasteiger partial charge < -0.3 is 9.84 Å². The van der Waals surface area contributed by atoms with E-state index >= 15 is 0 Å². The van der Waals surface area contributed by atoms with Crippen LogP contribution in [0.4, 0.5) is 17.6 Å². The highest BCUT2D eigenvalue weighted by Crippen LogP contribution is 2.34. The molecule has 1 N–H and O–H groups in total. The minimum absolute atomic E-state index is 0.357. The molecule has 3 nitrogen and oxygen atoms in total. The van der Waals surface area contributed by atoms with Crippen molar-refractivity contribution in [1.82, 2.24) is 0 Å². The van der Waals surface area contributed by atoms with E-state index in [1.165, 1.54) is 0 Å². The molecule has 0 aromatic carbocycles. The molecule has 0 spiro atoms. The maximum Gasteiger partial charge on any atom is 0.462 e. The van der Waals surface area contributed by atoms with Crippen LogP contribution in [0.1, 0.15) is 0 Å². The number of halogens is 4. The van der Waals surface area contributed by atoms with Gasteiger partial charge in [0.1, 0.15) is 6.61 Å². The number of esters is 1. The molecule has 0 aromatic rings. The van der Waals surface area contributed by atoms with Crippen molar-refractivity contribution < 1.29 is 32.2 Å². The molecule has 7 heteroatoms. The third kappa shape index (κ3) is 2.69. The highest BCUT2D eigenvalue weighted by Gasteiger charge is 2.59. The summed E-state index contributed by atoms with van der Waals surface area (Å²) in [6.07, 6.45) is -5.11. The lowest BCUT2D eigenvalue weighted by molar-refractivity contribution is -0.328. The SMILES string of the molecule is C=CC(=O)OC(F)(CO)C(F)(F)F. The Morgan fingerprint density at radius 3 is 2.15 bits per heavy atom. The standard InChI is InChI=1S/C6H6F4O3/c1-2-4(12)13-5(7,3-11)6(8,9)10/h2,11H,1,3H2. The largest absolute Gasteiger partial charge is 0.462 e. The van der Waals surface area contributed by atoms with Gasteiger partial charge in [0.2, 0.25) is 0 Å². The fourth-order valence-corrected chi connectivity index (χ4v) is 0.381. The van der Waals surface area contributed by atoms with Gasteiger partial charge in [-0.1, -0.05) is 6.58 Å². The van der Waals surface area contributed by atoms with Crippen LogP contribution >= 0.6 is 0 Å². The van der Waals surface area contributed by atoms with Gasteiger partial charge in [0, 0.05) is 6.08 Å². The molecule has 0 radical (unpaired) electrons. The van der Waals surface area contributed by atoms with Crippen LogP contribution in [0.25, 0.3) is 0 Å². The number of aliphatic hydroxyl groups excluding tert-OH is 1. The van der Waals surface area contributed by atoms with Crippen LogP contribution in [0.2, 0.25) is 0 Å². The lowest BCUT2D eigenvalue weighted by Crippen LogP contribution is -2.47. The van der Waals surface area contributed by atoms with Crippen LogP contribution in [0.15, 0.2) is 12.7 Å². The number of carbonyl (C=O) groups excluding carboxylic acids is 1. The molecule has 0 aliphatic carbocycles. The second-order valence-corrected chi connectivity index (χ2v) is 2.01. The van der Waals surface area contributed by atoms with E-state index in [2.05, 4.69) is 11.3 Å². The zero-order chi connectivity index (χ0) is 10.7. The van der Waals surface area contributed by atoms with E-state index in [4.69, 9.17) is 5.11 Å². The quantitative estimate of drug-likeness (QED) is 0.420. The van der Waals surface area contributed by atoms with Crippen molar-refractivity contribution in [2.75, 3.05) is 6.61 Å². The van der Waals surface area contributed by atoms with Gasteiger partial charge in [-0.2, -0.15) is 17.6 Å². The molecule has 0 saturated heterocycles. The first-order valence-electron chi connectivity index (χ1n) is 2.99. The monoisotopic (exact) mass is 202 g/mol. The normalized spacial score (nSPS) is 16.1. The summed E-state index contributed by atoms with van der Waals surface area (Å²) in [6.45, 7) is 0.781. The Morgan fingerprint density at radius 2 is 1.92 bits per heavy atom. The molecule has 13 heavy (non-hydrogen) atoms. The van der Waals surface area contributed by atoms with Crippen LogP contribution in [0.5, 0.6) is 0 Å². The lowest BCUT2D eigenvalue weighted by atomic mass is 10.3. The van der Waals surface area contributed by atoms with Crippen molar-refractivity contribution in [3.05, 3.63) is 12.7 Å². The minimum atomic E-state index is -5.47. The second kappa shape index (κ2) is 3.73. The number of alkyl halides is 4. The van der Waals surface area contributed by atoms with Gasteiger partial charge in [-0.15, -0.1) is 0 Å². The topological polar surface area (TPSA) is 46.5 Å². The van der Waals surface area contributed by atoms with E-state index in [-0.39, 0.29) is 0 Å². The molecule has 0 aromatic heterocycles. The summed E-state index contributed by atoms with van der Waals surface area (Å²) in [4.78, 5) is 10.2. The first kappa shape index (κ1) is 11.9. The fraction of sp³-hybridized carbons (Fsp3) is 0.500. The summed E-state index contributed by atoms with van der Waals surface area (Å²) < 4.78 is 51.2. The van der Waals surface area contributed by atoms with Crippen molar-refractivity contribution in [3.8, 4) is 0 Å². The van der Waals surface area contributed by atoms with E-state index in [0.29, 0.717) is 6.08 Å². The summed E-state index contributed by atoms with van der Waals surface area (Å²) in [5.74, 6) is -5.97. The molecular formula is C6H6F4O3. The molecule has 0 aliphatic heterocycles. The summed E-state index contributed by atoms with van der Waals surface area (Å²) >= 11 is 0. The van der Waals surface area contributed by atoms with Crippen molar-refractivity contribution in [3.63, 3.8) is 0 Å². The Morgan fingerprint density at radius 1 is 1.46 bits per heavy atom. The van der Waals surface area contributed by atoms with Crippen molar-refractivity contribution >= 4 is 5.97 Å². The predicted molar refractivity (Wildman–Crippen MR) is 33.3 cm³/mol. The van der Waals surface area contributed by atoms with Crippen LogP contribution in [-0.4, -0.2) is 29.7 Å². The molecule has 0 bridgehead atoms. The van der Waals surface area contributed by atoms with Crippen LogP contribution in [0, 0.1) is 0 Å². The average molecular weight is 202 g/mol. The average Bonchev–Trinajstić information content (AvgIpc) is 2.02. The van der Waals surface area contributed by atoms with E-state index in [1.54, 1.807) is 0 Å². The van der Waals surface area contributed by atoms with E-state index in [9.17, 15) is 22.4 Å². The minimum Gasteiger partial charge on any atom is -0.414 e. The third-order valence-electron chi connectivity index (χ3n) is 1.06. The van der Waals surface area contributed by atoms with Crippen molar-refractivity contribution in [2.24, 2.45) is 0 Å². The summed E-state index contributed by atoms with van der Waals surface area (Å²) in [7, 11) is 0. The van der Waals surface area contributed by atoms with Gasteiger partial charge in [-0.3, -0.25) is 0 Å². The summed E-state index contributed by atoms with van der Waals surface area (Å²) in [5, 5.41) is 8.06. The first-order valence-corrected chi connectivity index (χ1v) is 2.99. The number of ether oxygens (including phenoxy) is 1. The lowest BCUT2D eigenvalue weighted by Gasteiger charge is -2.24. The molecule has 0 saturated carbocycles. The van der Waals surface area contributed by atoms with Gasteiger partial charge in [0.15, 0.2) is 0 Å². The molecule has 76 valence electrons. The molecule has 0 aliphatic rings. The first-order chi connectivity index (χ1) is 5.77. The molecular weight excluding hydrogens is 196 g/mol. The molecule has 1 atom stereocenters. The summed E-state index contributed by atoms with van der Waals surface area (Å²) in [5.41, 5.74) is 0. The van der Waals surface area contributed by atoms with Crippen LogP contribution in [-0.2, 0) is 9.53 Å². The maximum absolute atomic E-state index is 12.6. The number of rotatable bonds is 3. The van der Waals surface area contributed by atoms with Crippen LogP contribution < -0.4 is 0 Å². The number of aliphatic hydroxyl groups is 1. The fourth-order valence-electron chi connectivity index (χ4n) is 0.381. The third-order valence-corrected chi connectivity index (χ3v) is 1.06. The number of hydrogen-bond donors (Lipinski definition) is 1. The number of hydrogen-bond acceptors (Lipinski definition) is 3. The van der Waals surface area contributed by atoms with E-state index in [0.717, 1.165) is 0 Å².